The third-order valence-electron chi connectivity index (χ3n) is 3.11. The minimum atomic E-state index is -3.18. The molecule has 6 heteroatoms. The Morgan fingerprint density at radius 1 is 1.10 bits per heavy atom. The minimum Gasteiger partial charge on any atom is -0.399 e. The summed E-state index contributed by atoms with van der Waals surface area (Å²) in [6, 6.07) is 12.2. The maximum atomic E-state index is 11.4. The van der Waals surface area contributed by atoms with Crippen LogP contribution < -0.4 is 5.73 Å². The zero-order chi connectivity index (χ0) is 14.3. The Kier molecular flexibility index (Phi) is 2.76. The Bertz CT molecular complexity index is 880. The normalized spacial score (nSPS) is 11.8. The monoisotopic (exact) mass is 287 g/mol. The number of benzene rings is 2. The van der Waals surface area contributed by atoms with Gasteiger partial charge in [0.15, 0.2) is 9.84 Å². The second kappa shape index (κ2) is 4.35. The molecule has 102 valence electrons. The molecular weight excluding hydrogens is 274 g/mol. The molecule has 0 saturated heterocycles. The predicted molar refractivity (Wildman–Crippen MR) is 78.6 cm³/mol. The highest BCUT2D eigenvalue weighted by Crippen LogP contribution is 2.21. The molecule has 0 aliphatic heterocycles. The third kappa shape index (κ3) is 2.14. The standard InChI is InChI=1S/C14H13N3O2S/c1-20(18,19)12-5-3-11(4-6-12)17-9-16-13-8-10(15)2-7-14(13)17/h2-9H,15H2,1H3. The van der Waals surface area contributed by atoms with Crippen molar-refractivity contribution in [2.24, 2.45) is 0 Å². The summed E-state index contributed by atoms with van der Waals surface area (Å²) in [6.45, 7) is 0. The van der Waals surface area contributed by atoms with E-state index in [0.717, 1.165) is 16.7 Å². The number of rotatable bonds is 2. The summed E-state index contributed by atoms with van der Waals surface area (Å²) in [6.07, 6.45) is 2.89. The van der Waals surface area contributed by atoms with E-state index in [1.54, 1.807) is 36.7 Å². The van der Waals surface area contributed by atoms with E-state index in [2.05, 4.69) is 4.98 Å². The van der Waals surface area contributed by atoms with Crippen LogP contribution in [0, 0.1) is 0 Å². The molecule has 1 heterocycles. The lowest BCUT2D eigenvalue weighted by Gasteiger charge is -2.05. The Morgan fingerprint density at radius 2 is 1.80 bits per heavy atom. The molecule has 0 fully saturated rings. The summed E-state index contributed by atoms with van der Waals surface area (Å²) < 4.78 is 24.8. The Morgan fingerprint density at radius 3 is 2.45 bits per heavy atom. The highest BCUT2D eigenvalue weighted by Gasteiger charge is 2.08. The van der Waals surface area contributed by atoms with Gasteiger partial charge in [0, 0.05) is 17.6 Å². The van der Waals surface area contributed by atoms with Gasteiger partial charge in [0.2, 0.25) is 0 Å². The Hall–Kier alpha value is -2.34. The van der Waals surface area contributed by atoms with Gasteiger partial charge in [-0.3, -0.25) is 4.57 Å². The van der Waals surface area contributed by atoms with Crippen molar-refractivity contribution in [3.05, 3.63) is 48.8 Å². The van der Waals surface area contributed by atoms with Gasteiger partial charge >= 0.3 is 0 Å². The summed E-state index contributed by atoms with van der Waals surface area (Å²) in [5.41, 5.74) is 8.96. The first-order chi connectivity index (χ1) is 9.45. The van der Waals surface area contributed by atoms with Crippen molar-refractivity contribution >= 4 is 26.6 Å². The lowest BCUT2D eigenvalue weighted by atomic mass is 10.2. The number of anilines is 1. The number of imidazole rings is 1. The highest BCUT2D eigenvalue weighted by atomic mass is 32.2. The number of nitrogens with zero attached hydrogens (tertiary/aromatic N) is 2. The van der Waals surface area contributed by atoms with E-state index >= 15 is 0 Å². The van der Waals surface area contributed by atoms with Crippen molar-refractivity contribution in [3.8, 4) is 5.69 Å². The quantitative estimate of drug-likeness (QED) is 0.731. The number of hydrogen-bond acceptors (Lipinski definition) is 4. The van der Waals surface area contributed by atoms with Crippen molar-refractivity contribution in [1.82, 2.24) is 9.55 Å². The zero-order valence-corrected chi connectivity index (χ0v) is 11.6. The lowest BCUT2D eigenvalue weighted by molar-refractivity contribution is 0.602. The molecule has 0 saturated carbocycles. The molecule has 2 aromatic carbocycles. The molecular formula is C14H13N3O2S. The number of hydrogen-bond donors (Lipinski definition) is 1. The van der Waals surface area contributed by atoms with Crippen molar-refractivity contribution in [3.63, 3.8) is 0 Å². The van der Waals surface area contributed by atoms with Crippen LogP contribution in [0.1, 0.15) is 0 Å². The van der Waals surface area contributed by atoms with Gasteiger partial charge in [-0.05, 0) is 42.5 Å². The fourth-order valence-electron chi connectivity index (χ4n) is 2.09. The maximum Gasteiger partial charge on any atom is 0.175 e. The molecule has 0 bridgehead atoms. The SMILES string of the molecule is CS(=O)(=O)c1ccc(-n2cnc3cc(N)ccc32)cc1. The molecule has 1 aromatic heterocycles. The fourth-order valence-corrected chi connectivity index (χ4v) is 2.72. The molecule has 5 nitrogen and oxygen atoms in total. The molecule has 0 amide bonds. The van der Waals surface area contributed by atoms with Crippen molar-refractivity contribution in [2.75, 3.05) is 12.0 Å². The van der Waals surface area contributed by atoms with E-state index in [9.17, 15) is 8.42 Å². The smallest absolute Gasteiger partial charge is 0.175 e. The second-order valence-electron chi connectivity index (χ2n) is 4.63. The molecule has 3 aromatic rings. The van der Waals surface area contributed by atoms with E-state index in [4.69, 9.17) is 5.73 Å². The summed E-state index contributed by atoms with van der Waals surface area (Å²) >= 11 is 0. The average Bonchev–Trinajstić information content (AvgIpc) is 2.80. The first-order valence-corrected chi connectivity index (χ1v) is 7.87. The molecule has 20 heavy (non-hydrogen) atoms. The van der Waals surface area contributed by atoms with Gasteiger partial charge in [-0.15, -0.1) is 0 Å². The first kappa shape index (κ1) is 12.7. The molecule has 0 spiro atoms. The van der Waals surface area contributed by atoms with Crippen molar-refractivity contribution in [2.45, 2.75) is 4.90 Å². The number of aromatic nitrogens is 2. The summed E-state index contributed by atoms with van der Waals surface area (Å²) in [5, 5.41) is 0. The molecule has 2 N–H and O–H groups in total. The molecule has 0 atom stereocenters. The van der Waals surface area contributed by atoms with Crippen molar-refractivity contribution < 1.29 is 8.42 Å². The predicted octanol–water partition coefficient (Wildman–Crippen LogP) is 2.01. The molecule has 0 radical (unpaired) electrons. The van der Waals surface area contributed by atoms with Crippen LogP contribution in [0.5, 0.6) is 0 Å². The van der Waals surface area contributed by atoms with Crippen LogP contribution in [-0.4, -0.2) is 24.2 Å². The maximum absolute atomic E-state index is 11.4. The minimum absolute atomic E-state index is 0.301. The van der Waals surface area contributed by atoms with E-state index in [0.29, 0.717) is 10.6 Å². The average molecular weight is 287 g/mol. The van der Waals surface area contributed by atoms with E-state index in [-0.39, 0.29) is 0 Å². The number of nitrogen functional groups attached to an aromatic ring is 1. The van der Waals surface area contributed by atoms with Crippen LogP contribution in [0.25, 0.3) is 16.7 Å². The van der Waals surface area contributed by atoms with Crippen LogP contribution >= 0.6 is 0 Å². The molecule has 0 aliphatic carbocycles. The highest BCUT2D eigenvalue weighted by molar-refractivity contribution is 7.90. The largest absolute Gasteiger partial charge is 0.399 e. The third-order valence-corrected chi connectivity index (χ3v) is 4.24. The van der Waals surface area contributed by atoms with Crippen LogP contribution in [0.4, 0.5) is 5.69 Å². The van der Waals surface area contributed by atoms with Gasteiger partial charge in [0.25, 0.3) is 0 Å². The van der Waals surface area contributed by atoms with Gasteiger partial charge in [0.05, 0.1) is 15.9 Å². The molecule has 0 unspecified atom stereocenters. The Labute approximate surface area is 116 Å². The first-order valence-electron chi connectivity index (χ1n) is 5.98. The van der Waals surface area contributed by atoms with E-state index in [1.807, 2.05) is 16.7 Å². The fraction of sp³-hybridized carbons (Fsp3) is 0.0714. The summed E-state index contributed by atoms with van der Waals surface area (Å²) in [5.74, 6) is 0. The van der Waals surface area contributed by atoms with E-state index < -0.39 is 9.84 Å². The van der Waals surface area contributed by atoms with Crippen molar-refractivity contribution in [1.29, 1.82) is 0 Å². The van der Waals surface area contributed by atoms with Crippen LogP contribution in [-0.2, 0) is 9.84 Å². The van der Waals surface area contributed by atoms with Gasteiger partial charge < -0.3 is 5.73 Å². The lowest BCUT2D eigenvalue weighted by Crippen LogP contribution is -1.98. The summed E-state index contributed by atoms with van der Waals surface area (Å²) in [7, 11) is -3.18. The number of sulfone groups is 1. The van der Waals surface area contributed by atoms with Gasteiger partial charge in [-0.25, -0.2) is 13.4 Å². The van der Waals surface area contributed by atoms with Gasteiger partial charge in [0.1, 0.15) is 6.33 Å². The van der Waals surface area contributed by atoms with Gasteiger partial charge in [-0.1, -0.05) is 0 Å². The topological polar surface area (TPSA) is 78.0 Å². The Balaban J connectivity index is 2.12. The van der Waals surface area contributed by atoms with Crippen LogP contribution in [0.2, 0.25) is 0 Å². The number of fused-ring (bicyclic) bond motifs is 1. The van der Waals surface area contributed by atoms with E-state index in [1.165, 1.54) is 6.26 Å². The molecule has 3 rings (SSSR count). The summed E-state index contributed by atoms with van der Waals surface area (Å²) in [4.78, 5) is 4.59. The zero-order valence-electron chi connectivity index (χ0n) is 10.8. The van der Waals surface area contributed by atoms with Crippen LogP contribution in [0.15, 0.2) is 53.7 Å². The second-order valence-corrected chi connectivity index (χ2v) is 6.64. The van der Waals surface area contributed by atoms with Gasteiger partial charge in [-0.2, -0.15) is 0 Å². The van der Waals surface area contributed by atoms with Crippen LogP contribution in [0.3, 0.4) is 0 Å². The molecule has 0 aliphatic rings. The number of nitrogens with two attached hydrogens (primary N) is 1.